The van der Waals surface area contributed by atoms with Crippen LogP contribution in [0.15, 0.2) is 36.1 Å². The third kappa shape index (κ3) is 1.17. The molecule has 1 aromatic carbocycles. The predicted octanol–water partition coefficient (Wildman–Crippen LogP) is 1.49. The fraction of sp³-hybridized carbons (Fsp3) is 0. The van der Waals surface area contributed by atoms with Crippen molar-refractivity contribution in [1.29, 1.82) is 5.41 Å². The van der Waals surface area contributed by atoms with Crippen LogP contribution in [-0.4, -0.2) is 17.0 Å². The van der Waals surface area contributed by atoms with Gasteiger partial charge in [0.05, 0.1) is 5.57 Å². The molecule has 0 saturated carbocycles. The molecule has 0 amide bonds. The number of esters is 1. The van der Waals surface area contributed by atoms with Gasteiger partial charge in [-0.05, 0) is 5.56 Å². The minimum absolute atomic E-state index is 0.149. The maximum absolute atomic E-state index is 10.9. The molecule has 0 aromatic heterocycles. The van der Waals surface area contributed by atoms with Crippen molar-refractivity contribution in [3.05, 3.63) is 41.7 Å². The van der Waals surface area contributed by atoms with E-state index in [1.807, 2.05) is 6.07 Å². The standard InChI is InChI=1S/C10H7NO3/c11-9-7(8(12)10(13)14-9)6-4-2-1-3-5-6/h1-5,11-12H. The molecule has 1 aliphatic rings. The third-order valence-corrected chi connectivity index (χ3v) is 1.91. The molecule has 0 radical (unpaired) electrons. The Bertz CT molecular complexity index is 434. The summed E-state index contributed by atoms with van der Waals surface area (Å²) in [6.45, 7) is 0. The Morgan fingerprint density at radius 3 is 2.36 bits per heavy atom. The average molecular weight is 189 g/mol. The first-order chi connectivity index (χ1) is 6.70. The first-order valence-corrected chi connectivity index (χ1v) is 4.00. The summed E-state index contributed by atoms with van der Waals surface area (Å²) in [7, 11) is 0. The quantitative estimate of drug-likeness (QED) is 0.657. The van der Waals surface area contributed by atoms with Crippen molar-refractivity contribution in [2.24, 2.45) is 0 Å². The Morgan fingerprint density at radius 2 is 1.86 bits per heavy atom. The van der Waals surface area contributed by atoms with E-state index in [0.29, 0.717) is 5.56 Å². The molecule has 0 bridgehead atoms. The van der Waals surface area contributed by atoms with Gasteiger partial charge in [0.15, 0.2) is 0 Å². The minimum Gasteiger partial charge on any atom is -0.501 e. The van der Waals surface area contributed by atoms with E-state index >= 15 is 0 Å². The lowest BCUT2D eigenvalue weighted by molar-refractivity contribution is -0.132. The maximum atomic E-state index is 10.9. The molecule has 2 N–H and O–H groups in total. The lowest BCUT2D eigenvalue weighted by Crippen LogP contribution is -2.01. The minimum atomic E-state index is -0.867. The molecule has 0 fully saturated rings. The summed E-state index contributed by atoms with van der Waals surface area (Å²) in [6, 6.07) is 8.71. The molecule has 0 atom stereocenters. The highest BCUT2D eigenvalue weighted by Crippen LogP contribution is 2.25. The van der Waals surface area contributed by atoms with Crippen LogP contribution in [0.25, 0.3) is 5.57 Å². The molecule has 0 unspecified atom stereocenters. The molecular formula is C10H7NO3. The highest BCUT2D eigenvalue weighted by atomic mass is 16.6. The van der Waals surface area contributed by atoms with Crippen LogP contribution in [-0.2, 0) is 9.53 Å². The number of hydrogen-bond acceptors (Lipinski definition) is 4. The van der Waals surface area contributed by atoms with E-state index < -0.39 is 11.7 Å². The van der Waals surface area contributed by atoms with E-state index in [1.165, 1.54) is 0 Å². The molecule has 1 aromatic rings. The fourth-order valence-corrected chi connectivity index (χ4v) is 1.27. The Morgan fingerprint density at radius 1 is 1.21 bits per heavy atom. The summed E-state index contributed by atoms with van der Waals surface area (Å²) in [6.07, 6.45) is 0. The first-order valence-electron chi connectivity index (χ1n) is 4.00. The Kier molecular flexibility index (Phi) is 1.81. The van der Waals surface area contributed by atoms with Crippen LogP contribution in [0.2, 0.25) is 0 Å². The zero-order chi connectivity index (χ0) is 10.1. The van der Waals surface area contributed by atoms with E-state index in [-0.39, 0.29) is 11.5 Å². The maximum Gasteiger partial charge on any atom is 0.380 e. The van der Waals surface area contributed by atoms with Gasteiger partial charge in [0.25, 0.3) is 0 Å². The van der Waals surface area contributed by atoms with Gasteiger partial charge in [-0.2, -0.15) is 0 Å². The molecule has 70 valence electrons. The van der Waals surface area contributed by atoms with Crippen molar-refractivity contribution in [3.63, 3.8) is 0 Å². The molecule has 1 aliphatic heterocycles. The molecular weight excluding hydrogens is 182 g/mol. The highest BCUT2D eigenvalue weighted by molar-refractivity contribution is 6.30. The lowest BCUT2D eigenvalue weighted by atomic mass is 10.1. The van der Waals surface area contributed by atoms with Gasteiger partial charge in [0, 0.05) is 0 Å². The summed E-state index contributed by atoms with van der Waals surface area (Å²) in [4.78, 5) is 10.9. The second kappa shape index (κ2) is 2.99. The SMILES string of the molecule is N=C1OC(=O)C(O)=C1c1ccccc1. The lowest BCUT2D eigenvalue weighted by Gasteiger charge is -1.99. The zero-order valence-electron chi connectivity index (χ0n) is 7.15. The van der Waals surface area contributed by atoms with E-state index in [2.05, 4.69) is 4.74 Å². The van der Waals surface area contributed by atoms with Crippen LogP contribution in [0.4, 0.5) is 0 Å². The number of carbonyl (C=O) groups excluding carboxylic acids is 1. The van der Waals surface area contributed by atoms with E-state index in [9.17, 15) is 9.90 Å². The summed E-state index contributed by atoms with van der Waals surface area (Å²) in [5.41, 5.74) is 0.747. The van der Waals surface area contributed by atoms with Crippen molar-refractivity contribution in [2.45, 2.75) is 0 Å². The Labute approximate surface area is 80.0 Å². The molecule has 0 saturated heterocycles. The van der Waals surface area contributed by atoms with Gasteiger partial charge in [-0.3, -0.25) is 5.41 Å². The topological polar surface area (TPSA) is 70.4 Å². The molecule has 1 heterocycles. The molecule has 2 rings (SSSR count). The van der Waals surface area contributed by atoms with Crippen LogP contribution in [0.5, 0.6) is 0 Å². The number of cyclic esters (lactones) is 1. The molecule has 4 heteroatoms. The van der Waals surface area contributed by atoms with Gasteiger partial charge in [-0.1, -0.05) is 30.3 Å². The Balaban J connectivity index is 2.54. The molecule has 0 aliphatic carbocycles. The van der Waals surface area contributed by atoms with Gasteiger partial charge in [-0.25, -0.2) is 4.79 Å². The third-order valence-electron chi connectivity index (χ3n) is 1.91. The number of carbonyl (C=O) groups is 1. The van der Waals surface area contributed by atoms with Crippen LogP contribution in [0.3, 0.4) is 0 Å². The van der Waals surface area contributed by atoms with E-state index in [1.54, 1.807) is 24.3 Å². The number of aliphatic hydroxyl groups excluding tert-OH is 1. The number of rotatable bonds is 1. The zero-order valence-corrected chi connectivity index (χ0v) is 7.15. The highest BCUT2D eigenvalue weighted by Gasteiger charge is 2.30. The van der Waals surface area contributed by atoms with Crippen LogP contribution in [0.1, 0.15) is 5.56 Å². The number of aliphatic hydroxyl groups is 1. The van der Waals surface area contributed by atoms with Crippen molar-refractivity contribution in [2.75, 3.05) is 0 Å². The van der Waals surface area contributed by atoms with Crippen molar-refractivity contribution < 1.29 is 14.6 Å². The molecule has 0 spiro atoms. The van der Waals surface area contributed by atoms with Crippen molar-refractivity contribution in [1.82, 2.24) is 0 Å². The summed E-state index contributed by atoms with van der Waals surface area (Å²) >= 11 is 0. The van der Waals surface area contributed by atoms with Crippen molar-refractivity contribution >= 4 is 17.4 Å². The summed E-state index contributed by atoms with van der Waals surface area (Å²) in [5.74, 6) is -1.67. The van der Waals surface area contributed by atoms with E-state index in [4.69, 9.17) is 5.41 Å². The first kappa shape index (κ1) is 8.50. The monoisotopic (exact) mass is 189 g/mol. The van der Waals surface area contributed by atoms with Gasteiger partial charge in [0.1, 0.15) is 0 Å². The fourth-order valence-electron chi connectivity index (χ4n) is 1.27. The van der Waals surface area contributed by atoms with Gasteiger partial charge in [-0.15, -0.1) is 0 Å². The molecule has 4 nitrogen and oxygen atoms in total. The summed E-state index contributed by atoms with van der Waals surface area (Å²) < 4.78 is 4.46. The van der Waals surface area contributed by atoms with Gasteiger partial charge in [0.2, 0.25) is 11.7 Å². The second-order valence-electron chi connectivity index (χ2n) is 2.81. The van der Waals surface area contributed by atoms with E-state index in [0.717, 1.165) is 0 Å². The second-order valence-corrected chi connectivity index (χ2v) is 2.81. The largest absolute Gasteiger partial charge is 0.501 e. The number of benzene rings is 1. The number of hydrogen-bond donors (Lipinski definition) is 2. The molecule has 14 heavy (non-hydrogen) atoms. The smallest absolute Gasteiger partial charge is 0.380 e. The van der Waals surface area contributed by atoms with Gasteiger partial charge >= 0.3 is 5.97 Å². The predicted molar refractivity (Wildman–Crippen MR) is 49.8 cm³/mol. The van der Waals surface area contributed by atoms with Crippen LogP contribution in [0, 0.1) is 5.41 Å². The summed E-state index contributed by atoms with van der Waals surface area (Å²) in [5, 5.41) is 16.7. The van der Waals surface area contributed by atoms with Crippen molar-refractivity contribution in [3.8, 4) is 0 Å². The van der Waals surface area contributed by atoms with Gasteiger partial charge < -0.3 is 9.84 Å². The average Bonchev–Trinajstić information content (AvgIpc) is 2.43. The number of ether oxygens (including phenoxy) is 1. The van der Waals surface area contributed by atoms with Crippen LogP contribution >= 0.6 is 0 Å². The Hall–Kier alpha value is -2.10. The van der Waals surface area contributed by atoms with Crippen LogP contribution < -0.4 is 0 Å². The normalized spacial score (nSPS) is 16.0. The number of nitrogens with one attached hydrogen (secondary N) is 1.